The van der Waals surface area contributed by atoms with Crippen LogP contribution in [-0.2, 0) is 0 Å². The summed E-state index contributed by atoms with van der Waals surface area (Å²) in [6.07, 6.45) is 6.50. The molecular formula is C6H11NO. The van der Waals surface area contributed by atoms with E-state index in [1.165, 1.54) is 19.3 Å². The molecule has 0 spiro atoms. The molecule has 1 N–H and O–H groups in total. The Labute approximate surface area is 49.2 Å². The molecule has 0 amide bonds. The van der Waals surface area contributed by atoms with Crippen molar-refractivity contribution in [3.05, 3.63) is 0 Å². The second kappa shape index (κ2) is 2.70. The third kappa shape index (κ3) is 1.96. The molecule has 0 unspecified atom stereocenters. The highest BCUT2D eigenvalue weighted by atomic mass is 16.4. The quantitative estimate of drug-likeness (QED) is 0.337. The molecule has 1 fully saturated rings. The molecule has 2 nitrogen and oxygen atoms in total. The van der Waals surface area contributed by atoms with Crippen molar-refractivity contribution in [2.24, 2.45) is 11.1 Å². The zero-order valence-corrected chi connectivity index (χ0v) is 4.88. The molecule has 0 aliphatic heterocycles. The first-order valence-corrected chi connectivity index (χ1v) is 3.09. The normalized spacial score (nSPS) is 20.0. The number of hydrogen-bond acceptors (Lipinski definition) is 2. The number of oxime groups is 1. The molecule has 1 saturated carbocycles. The summed E-state index contributed by atoms with van der Waals surface area (Å²) < 4.78 is 0. The van der Waals surface area contributed by atoms with Crippen LogP contribution in [-0.4, -0.2) is 11.4 Å². The van der Waals surface area contributed by atoms with Crippen LogP contribution in [0.5, 0.6) is 0 Å². The van der Waals surface area contributed by atoms with E-state index >= 15 is 0 Å². The average molecular weight is 113 g/mol. The second-order valence-corrected chi connectivity index (χ2v) is 2.32. The van der Waals surface area contributed by atoms with Gasteiger partial charge < -0.3 is 5.21 Å². The van der Waals surface area contributed by atoms with Gasteiger partial charge in [-0.05, 0) is 18.8 Å². The van der Waals surface area contributed by atoms with Crippen LogP contribution in [0.3, 0.4) is 0 Å². The summed E-state index contributed by atoms with van der Waals surface area (Å²) in [5.41, 5.74) is 0. The van der Waals surface area contributed by atoms with Gasteiger partial charge in [0.05, 0.1) is 0 Å². The summed E-state index contributed by atoms with van der Waals surface area (Å²) in [5.74, 6) is 0.952. The SMILES string of the molecule is ON=CCCC1CC1. The van der Waals surface area contributed by atoms with E-state index in [1.54, 1.807) is 6.21 Å². The van der Waals surface area contributed by atoms with Gasteiger partial charge in [0.1, 0.15) is 0 Å². The van der Waals surface area contributed by atoms with Gasteiger partial charge in [0, 0.05) is 6.21 Å². The number of hydrogen-bond donors (Lipinski definition) is 1. The zero-order valence-electron chi connectivity index (χ0n) is 4.88. The predicted octanol–water partition coefficient (Wildman–Crippen LogP) is 1.64. The van der Waals surface area contributed by atoms with Crippen molar-refractivity contribution >= 4 is 6.21 Å². The fraction of sp³-hybridized carbons (Fsp3) is 0.833. The van der Waals surface area contributed by atoms with E-state index in [2.05, 4.69) is 5.16 Å². The monoisotopic (exact) mass is 113 g/mol. The molecule has 0 radical (unpaired) electrons. The van der Waals surface area contributed by atoms with Gasteiger partial charge >= 0.3 is 0 Å². The van der Waals surface area contributed by atoms with Gasteiger partial charge in [-0.1, -0.05) is 12.8 Å². The lowest BCUT2D eigenvalue weighted by Gasteiger charge is -1.85. The van der Waals surface area contributed by atoms with E-state index < -0.39 is 0 Å². The van der Waals surface area contributed by atoms with E-state index in [-0.39, 0.29) is 0 Å². The van der Waals surface area contributed by atoms with Gasteiger partial charge in [-0.3, -0.25) is 0 Å². The van der Waals surface area contributed by atoms with Crippen molar-refractivity contribution in [1.29, 1.82) is 0 Å². The molecule has 0 aromatic heterocycles. The minimum Gasteiger partial charge on any atom is -0.411 e. The van der Waals surface area contributed by atoms with Crippen LogP contribution in [0.4, 0.5) is 0 Å². The lowest BCUT2D eigenvalue weighted by atomic mass is 10.2. The van der Waals surface area contributed by atoms with Crippen LogP contribution in [0.1, 0.15) is 25.7 Å². The first kappa shape index (κ1) is 5.60. The lowest BCUT2D eigenvalue weighted by molar-refractivity contribution is 0.320. The van der Waals surface area contributed by atoms with Gasteiger partial charge in [0.15, 0.2) is 0 Å². The Morgan fingerprint density at radius 2 is 2.38 bits per heavy atom. The maximum Gasteiger partial charge on any atom is 0.0436 e. The minimum atomic E-state index is 0.946. The van der Waals surface area contributed by atoms with Crippen LogP contribution in [0.2, 0.25) is 0 Å². The molecule has 0 aromatic rings. The molecule has 0 atom stereocenters. The van der Waals surface area contributed by atoms with Crippen molar-refractivity contribution < 1.29 is 5.21 Å². The summed E-state index contributed by atoms with van der Waals surface area (Å²) in [6.45, 7) is 0. The summed E-state index contributed by atoms with van der Waals surface area (Å²) in [6, 6.07) is 0. The highest BCUT2D eigenvalue weighted by Gasteiger charge is 2.19. The van der Waals surface area contributed by atoms with Gasteiger partial charge in [0.2, 0.25) is 0 Å². The van der Waals surface area contributed by atoms with Crippen LogP contribution in [0.25, 0.3) is 0 Å². The highest BCUT2D eigenvalue weighted by Crippen LogP contribution is 2.32. The Balaban J connectivity index is 1.88. The van der Waals surface area contributed by atoms with E-state index in [4.69, 9.17) is 5.21 Å². The smallest absolute Gasteiger partial charge is 0.0436 e. The molecule has 0 bridgehead atoms. The van der Waals surface area contributed by atoms with Crippen LogP contribution in [0, 0.1) is 5.92 Å². The van der Waals surface area contributed by atoms with Crippen molar-refractivity contribution in [2.75, 3.05) is 0 Å². The molecular weight excluding hydrogens is 102 g/mol. The molecule has 1 aliphatic carbocycles. The maximum absolute atomic E-state index is 7.97. The minimum absolute atomic E-state index is 0.946. The Bertz CT molecular complexity index is 86.5. The first-order valence-electron chi connectivity index (χ1n) is 3.09. The van der Waals surface area contributed by atoms with Gasteiger partial charge in [-0.25, -0.2) is 0 Å². The Morgan fingerprint density at radius 1 is 1.62 bits per heavy atom. The molecule has 0 aromatic carbocycles. The van der Waals surface area contributed by atoms with E-state index in [0.717, 1.165) is 12.3 Å². The average Bonchev–Trinajstić information content (AvgIpc) is 2.51. The topological polar surface area (TPSA) is 32.6 Å². The molecule has 1 aliphatic rings. The van der Waals surface area contributed by atoms with E-state index in [1.807, 2.05) is 0 Å². The third-order valence-electron chi connectivity index (χ3n) is 1.48. The summed E-state index contributed by atoms with van der Waals surface area (Å²) in [4.78, 5) is 0. The van der Waals surface area contributed by atoms with Crippen molar-refractivity contribution in [1.82, 2.24) is 0 Å². The Morgan fingerprint density at radius 3 is 2.88 bits per heavy atom. The molecule has 0 heterocycles. The van der Waals surface area contributed by atoms with Gasteiger partial charge in [-0.15, -0.1) is 5.16 Å². The first-order chi connectivity index (χ1) is 3.93. The van der Waals surface area contributed by atoms with Crippen LogP contribution in [0.15, 0.2) is 5.16 Å². The van der Waals surface area contributed by atoms with Crippen LogP contribution < -0.4 is 0 Å². The number of rotatable bonds is 3. The largest absolute Gasteiger partial charge is 0.411 e. The fourth-order valence-corrected chi connectivity index (χ4v) is 0.774. The highest BCUT2D eigenvalue weighted by molar-refractivity contribution is 5.55. The molecule has 8 heavy (non-hydrogen) atoms. The fourth-order valence-electron chi connectivity index (χ4n) is 0.774. The molecule has 2 heteroatoms. The second-order valence-electron chi connectivity index (χ2n) is 2.32. The molecule has 0 saturated heterocycles. The lowest BCUT2D eigenvalue weighted by Crippen LogP contribution is -1.77. The van der Waals surface area contributed by atoms with Gasteiger partial charge in [0.25, 0.3) is 0 Å². The Hall–Kier alpha value is -0.530. The Kier molecular flexibility index (Phi) is 1.89. The van der Waals surface area contributed by atoms with E-state index in [9.17, 15) is 0 Å². The van der Waals surface area contributed by atoms with Crippen LogP contribution >= 0.6 is 0 Å². The zero-order chi connectivity index (χ0) is 5.82. The summed E-state index contributed by atoms with van der Waals surface area (Å²) in [7, 11) is 0. The third-order valence-corrected chi connectivity index (χ3v) is 1.48. The van der Waals surface area contributed by atoms with E-state index in [0.29, 0.717) is 0 Å². The standard InChI is InChI=1S/C6H11NO/c8-7-5-1-2-6-3-4-6/h5-6,8H,1-4H2. The molecule has 1 rings (SSSR count). The van der Waals surface area contributed by atoms with Crippen molar-refractivity contribution in [3.8, 4) is 0 Å². The number of nitrogens with zero attached hydrogens (tertiary/aromatic N) is 1. The van der Waals surface area contributed by atoms with Gasteiger partial charge in [-0.2, -0.15) is 0 Å². The predicted molar refractivity (Wildman–Crippen MR) is 32.2 cm³/mol. The summed E-state index contributed by atoms with van der Waals surface area (Å²) >= 11 is 0. The maximum atomic E-state index is 7.97. The van der Waals surface area contributed by atoms with Crippen molar-refractivity contribution in [2.45, 2.75) is 25.7 Å². The summed E-state index contributed by atoms with van der Waals surface area (Å²) in [5, 5.41) is 10.9. The van der Waals surface area contributed by atoms with Crippen molar-refractivity contribution in [3.63, 3.8) is 0 Å². The molecule has 46 valence electrons.